The molecule has 0 unspecified atom stereocenters. The van der Waals surface area contributed by atoms with Crippen LogP contribution in [0, 0.1) is 6.92 Å². The van der Waals surface area contributed by atoms with Crippen LogP contribution in [0.25, 0.3) is 16.7 Å². The Morgan fingerprint density at radius 2 is 1.49 bits per heavy atom. The molecule has 39 heavy (non-hydrogen) atoms. The molecule has 0 radical (unpaired) electrons. The minimum absolute atomic E-state index is 0.139. The number of nitrogens with zero attached hydrogens (tertiary/aromatic N) is 3. The standard InChI is InChI=1S/C30H29N5O3S/c1-3-4-5-20-16-19(2)17-28(29(20)37)35-33-26-15-14-25(18-27(26)34-35)39-24-12-8-22(9-13-24)32-30(38)31-21-6-10-23(36)11-7-21/h6-18,36-37H,3-5H2,1-2H3,(H2,31,32,38). The van der Waals surface area contributed by atoms with Gasteiger partial charge in [-0.2, -0.15) is 0 Å². The third kappa shape index (κ3) is 6.32. The number of hydrogen-bond acceptors (Lipinski definition) is 6. The molecule has 198 valence electrons. The minimum atomic E-state index is -0.369. The summed E-state index contributed by atoms with van der Waals surface area (Å²) in [6.07, 6.45) is 2.88. The average molecular weight is 540 g/mol. The van der Waals surface area contributed by atoms with Gasteiger partial charge in [-0.05, 0) is 104 Å². The summed E-state index contributed by atoms with van der Waals surface area (Å²) in [7, 11) is 0. The number of benzene rings is 4. The van der Waals surface area contributed by atoms with E-state index in [9.17, 15) is 15.0 Å². The zero-order valence-corrected chi connectivity index (χ0v) is 22.5. The van der Waals surface area contributed by atoms with Gasteiger partial charge in [0.2, 0.25) is 0 Å². The largest absolute Gasteiger partial charge is 0.508 e. The molecular formula is C30H29N5O3S. The number of anilines is 2. The van der Waals surface area contributed by atoms with Crippen molar-refractivity contribution in [2.75, 3.05) is 10.6 Å². The van der Waals surface area contributed by atoms with Gasteiger partial charge in [0, 0.05) is 21.2 Å². The predicted octanol–water partition coefficient (Wildman–Crippen LogP) is 7.28. The summed E-state index contributed by atoms with van der Waals surface area (Å²) in [6, 6.07) is 23.3. The number of amides is 2. The number of nitrogens with one attached hydrogen (secondary N) is 2. The summed E-state index contributed by atoms with van der Waals surface area (Å²) in [4.78, 5) is 15.8. The summed E-state index contributed by atoms with van der Waals surface area (Å²) in [6.45, 7) is 4.15. The molecule has 0 saturated carbocycles. The maximum absolute atomic E-state index is 12.3. The second kappa shape index (κ2) is 11.5. The van der Waals surface area contributed by atoms with Crippen molar-refractivity contribution in [3.8, 4) is 17.2 Å². The number of phenols is 2. The molecular weight excluding hydrogens is 510 g/mol. The lowest BCUT2D eigenvalue weighted by Gasteiger charge is -2.10. The number of aromatic hydroxyl groups is 2. The number of carbonyl (C=O) groups is 1. The fourth-order valence-corrected chi connectivity index (χ4v) is 5.04. The van der Waals surface area contributed by atoms with Crippen molar-refractivity contribution >= 4 is 40.2 Å². The summed E-state index contributed by atoms with van der Waals surface area (Å²) in [5.41, 5.74) is 5.28. The predicted molar refractivity (Wildman–Crippen MR) is 155 cm³/mol. The third-order valence-electron chi connectivity index (χ3n) is 6.15. The number of aromatic nitrogens is 3. The second-order valence-corrected chi connectivity index (χ2v) is 10.4. The number of fused-ring (bicyclic) bond motifs is 1. The van der Waals surface area contributed by atoms with E-state index in [1.807, 2.05) is 61.5 Å². The minimum Gasteiger partial charge on any atom is -0.508 e. The van der Waals surface area contributed by atoms with Crippen molar-refractivity contribution in [1.29, 1.82) is 0 Å². The van der Waals surface area contributed by atoms with E-state index in [-0.39, 0.29) is 17.5 Å². The highest BCUT2D eigenvalue weighted by atomic mass is 32.2. The number of phenolic OH excluding ortho intramolecular Hbond substituents is 2. The van der Waals surface area contributed by atoms with Gasteiger partial charge in [0.25, 0.3) is 0 Å². The van der Waals surface area contributed by atoms with Crippen LogP contribution in [0.4, 0.5) is 16.2 Å². The monoisotopic (exact) mass is 539 g/mol. The van der Waals surface area contributed by atoms with Crippen molar-refractivity contribution in [2.45, 2.75) is 42.9 Å². The number of rotatable bonds is 8. The maximum Gasteiger partial charge on any atom is 0.323 e. The van der Waals surface area contributed by atoms with Gasteiger partial charge in [0.1, 0.15) is 28.2 Å². The number of urea groups is 1. The molecule has 4 N–H and O–H groups in total. The van der Waals surface area contributed by atoms with Crippen LogP contribution in [0.5, 0.6) is 11.5 Å². The summed E-state index contributed by atoms with van der Waals surface area (Å²) in [5, 5.41) is 35.0. The Morgan fingerprint density at radius 3 is 2.18 bits per heavy atom. The quantitative estimate of drug-likeness (QED) is 0.154. The Bertz CT molecular complexity index is 1620. The normalized spacial score (nSPS) is 11.0. The number of aryl methyl sites for hydroxylation is 2. The Kier molecular flexibility index (Phi) is 7.69. The molecule has 2 amide bonds. The lowest BCUT2D eigenvalue weighted by atomic mass is 10.0. The molecule has 1 aromatic heterocycles. The molecule has 0 aliphatic rings. The van der Waals surface area contributed by atoms with Crippen molar-refractivity contribution in [2.24, 2.45) is 0 Å². The van der Waals surface area contributed by atoms with E-state index in [1.165, 1.54) is 16.9 Å². The highest BCUT2D eigenvalue weighted by molar-refractivity contribution is 7.99. The summed E-state index contributed by atoms with van der Waals surface area (Å²) in [5.74, 6) is 0.370. The lowest BCUT2D eigenvalue weighted by molar-refractivity contribution is 0.262. The smallest absolute Gasteiger partial charge is 0.323 e. The van der Waals surface area contributed by atoms with Gasteiger partial charge in [-0.3, -0.25) is 0 Å². The van der Waals surface area contributed by atoms with Gasteiger partial charge < -0.3 is 20.8 Å². The van der Waals surface area contributed by atoms with Gasteiger partial charge in [0.05, 0.1) is 0 Å². The van der Waals surface area contributed by atoms with Crippen LogP contribution in [0.3, 0.4) is 0 Å². The van der Waals surface area contributed by atoms with Gasteiger partial charge in [0.15, 0.2) is 0 Å². The fraction of sp³-hybridized carbons (Fsp3) is 0.167. The number of unbranched alkanes of at least 4 members (excludes halogenated alkanes) is 1. The molecule has 0 aliphatic carbocycles. The first-order chi connectivity index (χ1) is 18.9. The molecule has 0 saturated heterocycles. The fourth-order valence-electron chi connectivity index (χ4n) is 4.19. The molecule has 1 heterocycles. The number of hydrogen-bond donors (Lipinski definition) is 4. The maximum atomic E-state index is 12.3. The molecule has 0 aliphatic heterocycles. The topological polar surface area (TPSA) is 112 Å². The zero-order chi connectivity index (χ0) is 27.4. The SMILES string of the molecule is CCCCc1cc(C)cc(-n2nc3ccc(Sc4ccc(NC(=O)Nc5ccc(O)cc5)cc4)cc3n2)c1O. The van der Waals surface area contributed by atoms with E-state index < -0.39 is 0 Å². The zero-order valence-electron chi connectivity index (χ0n) is 21.7. The first-order valence-electron chi connectivity index (χ1n) is 12.7. The van der Waals surface area contributed by atoms with Gasteiger partial charge in [-0.25, -0.2) is 4.79 Å². The Morgan fingerprint density at radius 1 is 0.846 bits per heavy atom. The van der Waals surface area contributed by atoms with Gasteiger partial charge in [-0.1, -0.05) is 31.2 Å². The van der Waals surface area contributed by atoms with E-state index in [0.29, 0.717) is 17.1 Å². The van der Waals surface area contributed by atoms with Crippen molar-refractivity contribution in [3.63, 3.8) is 0 Å². The van der Waals surface area contributed by atoms with E-state index in [0.717, 1.165) is 51.2 Å². The van der Waals surface area contributed by atoms with Crippen molar-refractivity contribution in [1.82, 2.24) is 15.0 Å². The second-order valence-electron chi connectivity index (χ2n) is 9.29. The average Bonchev–Trinajstić information content (AvgIpc) is 3.34. The van der Waals surface area contributed by atoms with E-state index >= 15 is 0 Å². The Hall–Kier alpha value is -4.50. The molecule has 0 fully saturated rings. The van der Waals surface area contributed by atoms with Crippen LogP contribution in [0.15, 0.2) is 88.7 Å². The van der Waals surface area contributed by atoms with Gasteiger partial charge >= 0.3 is 6.03 Å². The molecule has 5 rings (SSSR count). The summed E-state index contributed by atoms with van der Waals surface area (Å²) >= 11 is 1.58. The summed E-state index contributed by atoms with van der Waals surface area (Å²) < 4.78 is 0. The highest BCUT2D eigenvalue weighted by Gasteiger charge is 2.14. The highest BCUT2D eigenvalue weighted by Crippen LogP contribution is 2.32. The van der Waals surface area contributed by atoms with E-state index in [1.54, 1.807) is 23.9 Å². The first-order valence-corrected chi connectivity index (χ1v) is 13.5. The van der Waals surface area contributed by atoms with Crippen LogP contribution in [-0.2, 0) is 6.42 Å². The molecule has 8 nitrogen and oxygen atoms in total. The molecule has 4 aromatic carbocycles. The van der Waals surface area contributed by atoms with Crippen LogP contribution in [0.2, 0.25) is 0 Å². The van der Waals surface area contributed by atoms with E-state index in [4.69, 9.17) is 0 Å². The van der Waals surface area contributed by atoms with Gasteiger partial charge in [-0.15, -0.1) is 15.0 Å². The third-order valence-corrected chi connectivity index (χ3v) is 7.15. The molecule has 0 spiro atoms. The Balaban J connectivity index is 1.27. The molecule has 5 aromatic rings. The molecule has 9 heteroatoms. The van der Waals surface area contributed by atoms with E-state index in [2.05, 4.69) is 27.8 Å². The van der Waals surface area contributed by atoms with Crippen molar-refractivity contribution in [3.05, 3.63) is 90.0 Å². The van der Waals surface area contributed by atoms with Crippen molar-refractivity contribution < 1.29 is 15.0 Å². The van der Waals surface area contributed by atoms with Crippen LogP contribution >= 0.6 is 11.8 Å². The van der Waals surface area contributed by atoms with Crippen LogP contribution < -0.4 is 10.6 Å². The van der Waals surface area contributed by atoms with Crippen LogP contribution in [0.1, 0.15) is 30.9 Å². The Labute approximate surface area is 230 Å². The van der Waals surface area contributed by atoms with Crippen LogP contribution in [-0.4, -0.2) is 31.2 Å². The molecule has 0 atom stereocenters. The first kappa shape index (κ1) is 26.1. The lowest BCUT2D eigenvalue weighted by Crippen LogP contribution is -2.19. The number of carbonyl (C=O) groups excluding carboxylic acids is 1. The molecule has 0 bridgehead atoms.